The zero-order valence-electron chi connectivity index (χ0n) is 16.3. The maximum absolute atomic E-state index is 12.8. The highest BCUT2D eigenvalue weighted by Crippen LogP contribution is 2.47. The highest BCUT2D eigenvalue weighted by atomic mass is 16.7. The molecule has 148 valence electrons. The number of nitrogens with one attached hydrogen (secondary N) is 1. The van der Waals surface area contributed by atoms with Gasteiger partial charge in [-0.25, -0.2) is 0 Å². The molecule has 2 aliphatic rings. The van der Waals surface area contributed by atoms with Crippen molar-refractivity contribution >= 4 is 5.78 Å². The predicted octanol–water partition coefficient (Wildman–Crippen LogP) is 1.83. The summed E-state index contributed by atoms with van der Waals surface area (Å²) in [5, 5.41) is 9.39. The molecule has 0 saturated heterocycles. The average molecular weight is 384 g/mol. The van der Waals surface area contributed by atoms with Gasteiger partial charge in [-0.1, -0.05) is 12.1 Å². The minimum Gasteiger partial charge on any atom is -0.508 e. The minimum atomic E-state index is 0.0421. The molecule has 0 bridgehead atoms. The smallest absolute Gasteiger partial charge is 0.231 e. The summed E-state index contributed by atoms with van der Waals surface area (Å²) in [4.78, 5) is 14.1. The number of ether oxygens (including phenoxy) is 3. The zero-order valence-corrected chi connectivity index (χ0v) is 16.3. The van der Waals surface area contributed by atoms with E-state index in [0.717, 1.165) is 29.8 Å². The Bertz CT molecular complexity index is 877. The molecule has 6 nitrogen and oxygen atoms in total. The van der Waals surface area contributed by atoms with Crippen LogP contribution in [0.3, 0.4) is 0 Å². The van der Waals surface area contributed by atoms with Crippen LogP contribution in [0, 0.1) is 0 Å². The summed E-state index contributed by atoms with van der Waals surface area (Å²) in [6, 6.07) is 9.12. The lowest BCUT2D eigenvalue weighted by Gasteiger charge is -2.32. The monoisotopic (exact) mass is 384 g/mol. The number of carbonyl (C=O) groups is 1. The number of hydrogen-bond acceptors (Lipinski definition) is 5. The van der Waals surface area contributed by atoms with Gasteiger partial charge in [0.25, 0.3) is 0 Å². The van der Waals surface area contributed by atoms with Crippen molar-refractivity contribution in [2.75, 3.05) is 27.5 Å². The third kappa shape index (κ3) is 3.52. The Morgan fingerprint density at radius 1 is 1.29 bits per heavy atom. The molecule has 0 spiro atoms. The van der Waals surface area contributed by atoms with Gasteiger partial charge in [-0.3, -0.25) is 4.79 Å². The summed E-state index contributed by atoms with van der Waals surface area (Å²) in [5.74, 6) is 2.56. The number of aromatic hydroxyl groups is 1. The van der Waals surface area contributed by atoms with Crippen LogP contribution in [-0.2, 0) is 17.6 Å². The van der Waals surface area contributed by atoms with Crippen LogP contribution in [0.4, 0.5) is 0 Å². The van der Waals surface area contributed by atoms with Gasteiger partial charge in [0, 0.05) is 12.8 Å². The Balaban J connectivity index is 1.53. The van der Waals surface area contributed by atoms with Gasteiger partial charge < -0.3 is 24.2 Å². The number of Topliss-reactive ketones (excluding diaryl/α,β-unsaturated/α-hetero) is 1. The normalized spacial score (nSPS) is 19.9. The Morgan fingerprint density at radius 3 is 2.82 bits per heavy atom. The molecule has 2 N–H and O–H groups in total. The SMILES string of the molecule is COc1c2c(cc3c1[C@@H](CC(=O)CCc1ccc(O)cc1)[NH+](C)CC3)OCO2. The van der Waals surface area contributed by atoms with Crippen molar-refractivity contribution in [1.82, 2.24) is 0 Å². The maximum atomic E-state index is 12.8. The largest absolute Gasteiger partial charge is 0.508 e. The quantitative estimate of drug-likeness (QED) is 0.795. The number of carbonyl (C=O) groups excluding carboxylic acids is 1. The first kappa shape index (κ1) is 18.6. The molecule has 0 aliphatic carbocycles. The maximum Gasteiger partial charge on any atom is 0.231 e. The molecule has 28 heavy (non-hydrogen) atoms. The van der Waals surface area contributed by atoms with Crippen molar-refractivity contribution < 1.29 is 29.0 Å². The molecule has 0 saturated carbocycles. The number of fused-ring (bicyclic) bond motifs is 2. The number of quaternary nitrogens is 1. The van der Waals surface area contributed by atoms with Crippen LogP contribution in [-0.4, -0.2) is 38.4 Å². The lowest BCUT2D eigenvalue weighted by atomic mass is 9.87. The molecular weight excluding hydrogens is 358 g/mol. The van der Waals surface area contributed by atoms with Gasteiger partial charge in [0.05, 0.1) is 32.7 Å². The van der Waals surface area contributed by atoms with E-state index >= 15 is 0 Å². The highest BCUT2D eigenvalue weighted by molar-refractivity contribution is 5.79. The molecule has 6 heteroatoms. The van der Waals surface area contributed by atoms with E-state index in [-0.39, 0.29) is 24.4 Å². The van der Waals surface area contributed by atoms with Crippen molar-refractivity contribution in [3.05, 3.63) is 47.0 Å². The second-order valence-electron chi connectivity index (χ2n) is 7.52. The molecule has 0 radical (unpaired) electrons. The summed E-state index contributed by atoms with van der Waals surface area (Å²) in [5.41, 5.74) is 3.31. The molecule has 0 aromatic heterocycles. The molecular formula is C22H26NO5+. The second-order valence-corrected chi connectivity index (χ2v) is 7.52. The number of ketones is 1. The summed E-state index contributed by atoms with van der Waals surface area (Å²) < 4.78 is 16.9. The summed E-state index contributed by atoms with van der Waals surface area (Å²) in [6.45, 7) is 1.17. The fourth-order valence-corrected chi connectivity index (χ4v) is 4.17. The van der Waals surface area contributed by atoms with E-state index in [2.05, 4.69) is 7.05 Å². The standard InChI is InChI=1S/C22H25NO5/c1-23-10-9-15-11-19-21(28-13-27-19)22(26-2)20(15)18(23)12-17(25)8-5-14-3-6-16(24)7-4-14/h3-4,6-7,11,18,24H,5,8-10,12-13H2,1-2H3/p+1/t18-/m1/s1. The number of likely N-dealkylation sites (N-methyl/N-ethyl adjacent to an activating group) is 1. The van der Waals surface area contributed by atoms with E-state index in [4.69, 9.17) is 14.2 Å². The van der Waals surface area contributed by atoms with Crippen molar-refractivity contribution in [3.63, 3.8) is 0 Å². The number of methoxy groups -OCH3 is 1. The third-order valence-electron chi connectivity index (χ3n) is 5.74. The van der Waals surface area contributed by atoms with Gasteiger partial charge in [-0.05, 0) is 35.7 Å². The Morgan fingerprint density at radius 2 is 2.07 bits per heavy atom. The van der Waals surface area contributed by atoms with Crippen molar-refractivity contribution in [3.8, 4) is 23.0 Å². The lowest BCUT2D eigenvalue weighted by molar-refractivity contribution is -0.914. The highest BCUT2D eigenvalue weighted by Gasteiger charge is 2.37. The average Bonchev–Trinajstić information content (AvgIpc) is 3.16. The lowest BCUT2D eigenvalue weighted by Crippen LogP contribution is -3.10. The van der Waals surface area contributed by atoms with E-state index in [1.165, 1.54) is 10.5 Å². The summed E-state index contributed by atoms with van der Waals surface area (Å²) in [6.07, 6.45) is 2.55. The Hall–Kier alpha value is -2.73. The van der Waals surface area contributed by atoms with Gasteiger partial charge in [-0.2, -0.15) is 0 Å². The Labute approximate surface area is 164 Å². The number of benzene rings is 2. The van der Waals surface area contributed by atoms with E-state index in [1.54, 1.807) is 19.2 Å². The molecule has 0 fully saturated rings. The van der Waals surface area contributed by atoms with Gasteiger partial charge in [0.15, 0.2) is 11.5 Å². The van der Waals surface area contributed by atoms with E-state index in [0.29, 0.717) is 30.8 Å². The van der Waals surface area contributed by atoms with E-state index in [9.17, 15) is 9.90 Å². The second kappa shape index (κ2) is 7.72. The van der Waals surface area contributed by atoms with Crippen LogP contribution in [0.2, 0.25) is 0 Å². The van der Waals surface area contributed by atoms with Gasteiger partial charge >= 0.3 is 0 Å². The fraction of sp³-hybridized carbons (Fsp3) is 0.409. The first-order valence-corrected chi connectivity index (χ1v) is 9.68. The summed E-state index contributed by atoms with van der Waals surface area (Å²) in [7, 11) is 3.77. The number of phenolic OH excluding ortho intramolecular Hbond substituents is 1. The van der Waals surface area contributed by atoms with Crippen LogP contribution in [0.25, 0.3) is 0 Å². The topological polar surface area (TPSA) is 69.4 Å². The van der Waals surface area contributed by atoms with E-state index < -0.39 is 0 Å². The third-order valence-corrected chi connectivity index (χ3v) is 5.74. The number of rotatable bonds is 6. The van der Waals surface area contributed by atoms with Crippen LogP contribution in [0.5, 0.6) is 23.0 Å². The first-order chi connectivity index (χ1) is 13.6. The number of phenols is 1. The fourth-order valence-electron chi connectivity index (χ4n) is 4.17. The Kier molecular flexibility index (Phi) is 5.13. The molecule has 2 aromatic carbocycles. The van der Waals surface area contributed by atoms with Crippen molar-refractivity contribution in [2.45, 2.75) is 31.7 Å². The zero-order chi connectivity index (χ0) is 19.7. The molecule has 4 rings (SSSR count). The molecule has 2 atom stereocenters. The molecule has 2 aliphatic heterocycles. The van der Waals surface area contributed by atoms with Crippen molar-refractivity contribution in [2.24, 2.45) is 0 Å². The first-order valence-electron chi connectivity index (χ1n) is 9.68. The number of aryl methyl sites for hydroxylation is 1. The summed E-state index contributed by atoms with van der Waals surface area (Å²) >= 11 is 0. The molecule has 2 aromatic rings. The van der Waals surface area contributed by atoms with Crippen molar-refractivity contribution in [1.29, 1.82) is 0 Å². The van der Waals surface area contributed by atoms with Crippen LogP contribution in [0.1, 0.15) is 35.6 Å². The van der Waals surface area contributed by atoms with Crippen LogP contribution < -0.4 is 19.1 Å². The van der Waals surface area contributed by atoms with Gasteiger partial charge in [0.1, 0.15) is 17.6 Å². The number of hydrogen-bond donors (Lipinski definition) is 2. The molecule has 0 amide bonds. The van der Waals surface area contributed by atoms with Gasteiger partial charge in [0.2, 0.25) is 12.5 Å². The van der Waals surface area contributed by atoms with Gasteiger partial charge in [-0.15, -0.1) is 0 Å². The van der Waals surface area contributed by atoms with E-state index in [1.807, 2.05) is 18.2 Å². The minimum absolute atomic E-state index is 0.0421. The van der Waals surface area contributed by atoms with Crippen LogP contribution >= 0.6 is 0 Å². The van der Waals surface area contributed by atoms with Crippen LogP contribution in [0.15, 0.2) is 30.3 Å². The predicted molar refractivity (Wildman–Crippen MR) is 103 cm³/mol. The molecule has 2 heterocycles. The molecule has 1 unspecified atom stereocenters.